The molecule has 0 atom stereocenters. The van der Waals surface area contributed by atoms with Crippen LogP contribution in [0.3, 0.4) is 0 Å². The molecule has 0 unspecified atom stereocenters. The van der Waals surface area contributed by atoms with E-state index in [1.807, 2.05) is 5.38 Å². The van der Waals surface area contributed by atoms with Crippen LogP contribution in [0, 0.1) is 10.1 Å². The number of nitro groups is 1. The fourth-order valence-corrected chi connectivity index (χ4v) is 4.40. The third kappa shape index (κ3) is 4.76. The summed E-state index contributed by atoms with van der Waals surface area (Å²) in [5, 5.41) is 21.9. The number of rotatable bonds is 9. The topological polar surface area (TPSA) is 115 Å². The third-order valence-electron chi connectivity index (χ3n) is 4.07. The number of carboxylic acid groups (broad SMARTS) is 1. The van der Waals surface area contributed by atoms with Crippen LogP contribution in [0.5, 0.6) is 0 Å². The molecule has 0 radical (unpaired) electrons. The molecule has 3 aromatic rings. The highest BCUT2D eigenvalue weighted by Crippen LogP contribution is 2.25. The van der Waals surface area contributed by atoms with Gasteiger partial charge in [0, 0.05) is 30.9 Å². The zero-order valence-corrected chi connectivity index (χ0v) is 16.4. The Bertz CT molecular complexity index is 1060. The van der Waals surface area contributed by atoms with Crippen LogP contribution < -0.4 is 5.56 Å². The number of carboxylic acids is 1. The standard InChI is InChI=1S/C18H17N3O5S2/c22-15(23)3-1-2-9-20-17(24)16-14(8-10-27-16)19-18(20)28-11-12-4-6-13(7-5-12)21(25)26/h4-8,10H,1-3,9,11H2,(H,22,23). The number of aromatic nitrogens is 2. The zero-order chi connectivity index (χ0) is 20.1. The molecule has 10 heteroatoms. The molecule has 146 valence electrons. The molecule has 0 fully saturated rings. The van der Waals surface area contributed by atoms with Gasteiger partial charge in [-0.2, -0.15) is 0 Å². The van der Waals surface area contributed by atoms with Crippen LogP contribution in [0.1, 0.15) is 24.8 Å². The summed E-state index contributed by atoms with van der Waals surface area (Å²) in [6.45, 7) is 0.398. The average Bonchev–Trinajstić information content (AvgIpc) is 3.14. The van der Waals surface area contributed by atoms with Gasteiger partial charge < -0.3 is 5.11 Å². The number of fused-ring (bicyclic) bond motifs is 1. The van der Waals surface area contributed by atoms with E-state index in [9.17, 15) is 19.7 Å². The summed E-state index contributed by atoms with van der Waals surface area (Å²) in [4.78, 5) is 38.4. The lowest BCUT2D eigenvalue weighted by Crippen LogP contribution is -2.22. The van der Waals surface area contributed by atoms with Crippen molar-refractivity contribution in [2.45, 2.75) is 36.7 Å². The lowest BCUT2D eigenvalue weighted by molar-refractivity contribution is -0.384. The first-order chi connectivity index (χ1) is 13.5. The van der Waals surface area contributed by atoms with E-state index in [2.05, 4.69) is 4.98 Å². The predicted octanol–water partition coefficient (Wildman–Crippen LogP) is 3.91. The number of aliphatic carboxylic acids is 1. The highest BCUT2D eigenvalue weighted by Gasteiger charge is 2.13. The van der Waals surface area contributed by atoms with Crippen molar-refractivity contribution in [3.05, 3.63) is 61.7 Å². The number of benzene rings is 1. The van der Waals surface area contributed by atoms with Crippen molar-refractivity contribution in [1.82, 2.24) is 9.55 Å². The molecule has 2 heterocycles. The van der Waals surface area contributed by atoms with Gasteiger partial charge in [0.25, 0.3) is 11.2 Å². The monoisotopic (exact) mass is 419 g/mol. The van der Waals surface area contributed by atoms with Crippen molar-refractivity contribution in [3.8, 4) is 0 Å². The fraction of sp³-hybridized carbons (Fsp3) is 0.278. The van der Waals surface area contributed by atoms with Crippen molar-refractivity contribution in [2.24, 2.45) is 0 Å². The molecular formula is C18H17N3O5S2. The maximum absolute atomic E-state index is 12.8. The van der Waals surface area contributed by atoms with Crippen molar-refractivity contribution < 1.29 is 14.8 Å². The largest absolute Gasteiger partial charge is 0.481 e. The Morgan fingerprint density at radius 2 is 2.00 bits per heavy atom. The minimum Gasteiger partial charge on any atom is -0.481 e. The molecular weight excluding hydrogens is 402 g/mol. The Labute approximate surface area is 168 Å². The number of nitrogens with zero attached hydrogens (tertiary/aromatic N) is 3. The third-order valence-corrected chi connectivity index (χ3v) is 6.01. The van der Waals surface area contributed by atoms with Gasteiger partial charge in [-0.25, -0.2) is 4.98 Å². The van der Waals surface area contributed by atoms with E-state index in [1.165, 1.54) is 35.2 Å². The second-order valence-electron chi connectivity index (χ2n) is 6.05. The SMILES string of the molecule is O=C(O)CCCCn1c(SCc2ccc([N+](=O)[O-])cc2)nc2ccsc2c1=O. The minimum atomic E-state index is -0.855. The number of non-ortho nitro benzene ring substituents is 1. The molecule has 0 amide bonds. The van der Waals surface area contributed by atoms with Crippen molar-refractivity contribution in [3.63, 3.8) is 0 Å². The fourth-order valence-electron chi connectivity index (χ4n) is 2.64. The van der Waals surface area contributed by atoms with Gasteiger partial charge in [0.15, 0.2) is 5.16 Å². The normalized spacial score (nSPS) is 11.0. The van der Waals surface area contributed by atoms with Crippen molar-refractivity contribution in [2.75, 3.05) is 0 Å². The summed E-state index contributed by atoms with van der Waals surface area (Å²) in [6, 6.07) is 8.06. The maximum atomic E-state index is 12.8. The number of unbranched alkanes of at least 4 members (excludes halogenated alkanes) is 1. The Kier molecular flexibility index (Phi) is 6.42. The van der Waals surface area contributed by atoms with Gasteiger partial charge in [0.05, 0.1) is 10.4 Å². The number of carbonyl (C=O) groups is 1. The Morgan fingerprint density at radius 3 is 2.68 bits per heavy atom. The second-order valence-corrected chi connectivity index (χ2v) is 7.91. The van der Waals surface area contributed by atoms with Crippen LogP contribution in [0.15, 0.2) is 45.7 Å². The number of hydrogen-bond acceptors (Lipinski definition) is 7. The Hall–Kier alpha value is -2.72. The number of hydrogen-bond donors (Lipinski definition) is 1. The van der Waals surface area contributed by atoms with Gasteiger partial charge in [-0.05, 0) is 29.9 Å². The van der Waals surface area contributed by atoms with E-state index in [1.54, 1.807) is 22.8 Å². The Morgan fingerprint density at radius 1 is 1.25 bits per heavy atom. The molecule has 1 aromatic carbocycles. The molecule has 3 rings (SSSR count). The first-order valence-corrected chi connectivity index (χ1v) is 10.4. The van der Waals surface area contributed by atoms with Crippen LogP contribution in [-0.4, -0.2) is 25.6 Å². The van der Waals surface area contributed by atoms with Crippen LogP contribution in [0.4, 0.5) is 5.69 Å². The quantitative estimate of drug-likeness (QED) is 0.184. The first kappa shape index (κ1) is 20.0. The summed E-state index contributed by atoms with van der Waals surface area (Å²) in [6.07, 6.45) is 1.11. The first-order valence-electron chi connectivity index (χ1n) is 8.51. The summed E-state index contributed by atoms with van der Waals surface area (Å²) < 4.78 is 2.18. The molecule has 0 aliphatic heterocycles. The highest BCUT2D eigenvalue weighted by molar-refractivity contribution is 7.98. The lowest BCUT2D eigenvalue weighted by Gasteiger charge is -2.11. The highest BCUT2D eigenvalue weighted by atomic mass is 32.2. The van der Waals surface area contributed by atoms with Crippen LogP contribution in [0.25, 0.3) is 10.2 Å². The van der Waals surface area contributed by atoms with E-state index in [0.29, 0.717) is 40.5 Å². The smallest absolute Gasteiger partial charge is 0.303 e. The average molecular weight is 419 g/mol. The van der Waals surface area contributed by atoms with Crippen LogP contribution in [-0.2, 0) is 17.1 Å². The van der Waals surface area contributed by atoms with E-state index in [-0.39, 0.29) is 17.7 Å². The molecule has 0 aliphatic rings. The van der Waals surface area contributed by atoms with Crippen molar-refractivity contribution >= 4 is 45.0 Å². The summed E-state index contributed by atoms with van der Waals surface area (Å²) in [7, 11) is 0. The summed E-state index contributed by atoms with van der Waals surface area (Å²) >= 11 is 2.72. The molecule has 2 aromatic heterocycles. The second kappa shape index (κ2) is 8.98. The van der Waals surface area contributed by atoms with E-state index >= 15 is 0 Å². The molecule has 0 aliphatic carbocycles. The summed E-state index contributed by atoms with van der Waals surface area (Å²) in [5.41, 5.74) is 1.43. The molecule has 28 heavy (non-hydrogen) atoms. The van der Waals surface area contributed by atoms with Gasteiger partial charge in [0.2, 0.25) is 0 Å². The molecule has 8 nitrogen and oxygen atoms in total. The van der Waals surface area contributed by atoms with Gasteiger partial charge in [-0.15, -0.1) is 11.3 Å². The number of thiophene rings is 1. The number of nitro benzene ring substituents is 1. The molecule has 0 saturated carbocycles. The zero-order valence-electron chi connectivity index (χ0n) is 14.7. The van der Waals surface area contributed by atoms with Crippen molar-refractivity contribution in [1.29, 1.82) is 0 Å². The molecule has 1 N–H and O–H groups in total. The number of thioether (sulfide) groups is 1. The van der Waals surface area contributed by atoms with E-state index in [0.717, 1.165) is 5.56 Å². The van der Waals surface area contributed by atoms with Crippen LogP contribution in [0.2, 0.25) is 0 Å². The van der Waals surface area contributed by atoms with E-state index < -0.39 is 10.9 Å². The van der Waals surface area contributed by atoms with E-state index in [4.69, 9.17) is 5.11 Å². The van der Waals surface area contributed by atoms with Gasteiger partial charge in [0.1, 0.15) is 4.70 Å². The molecule has 0 bridgehead atoms. The van der Waals surface area contributed by atoms with Gasteiger partial charge >= 0.3 is 5.97 Å². The lowest BCUT2D eigenvalue weighted by atomic mass is 10.2. The van der Waals surface area contributed by atoms with Crippen LogP contribution >= 0.6 is 23.1 Å². The molecule has 0 saturated heterocycles. The van der Waals surface area contributed by atoms with Gasteiger partial charge in [-0.3, -0.25) is 24.3 Å². The maximum Gasteiger partial charge on any atom is 0.303 e. The predicted molar refractivity (Wildman–Crippen MR) is 108 cm³/mol. The Balaban J connectivity index is 1.79. The van der Waals surface area contributed by atoms with Gasteiger partial charge in [-0.1, -0.05) is 23.9 Å². The minimum absolute atomic E-state index is 0.0295. The molecule has 0 spiro atoms. The summed E-state index contributed by atoms with van der Waals surface area (Å²) in [5.74, 6) is -0.346.